The van der Waals surface area contributed by atoms with Crippen LogP contribution in [-0.4, -0.2) is 16.0 Å². The Hall–Kier alpha value is -3.90. The highest BCUT2D eigenvalue weighted by Gasteiger charge is 2.40. The molecule has 0 saturated carbocycles. The SMILES string of the molecule is O=[N+]([O-])c1cc([N+](=O)[O-])c(Nc2ccc(CCC(F)(F)F)c3ccccc23)c(C(F)(F)F)c1. The maximum absolute atomic E-state index is 13.6. The van der Waals surface area contributed by atoms with Gasteiger partial charge in [0.25, 0.3) is 11.4 Å². The minimum atomic E-state index is -5.18. The quantitative estimate of drug-likeness (QED) is 0.238. The van der Waals surface area contributed by atoms with E-state index in [-0.39, 0.29) is 29.1 Å². The number of nitro benzene ring substituents is 2. The van der Waals surface area contributed by atoms with Gasteiger partial charge in [-0.05, 0) is 23.4 Å². The van der Waals surface area contributed by atoms with E-state index in [1.807, 2.05) is 0 Å². The Kier molecular flexibility index (Phi) is 6.16. The predicted octanol–water partition coefficient (Wildman–Crippen LogP) is 6.91. The Labute approximate surface area is 180 Å². The molecular formula is C20H13F6N3O4. The van der Waals surface area contributed by atoms with Gasteiger partial charge in [0.05, 0.1) is 21.5 Å². The fourth-order valence-electron chi connectivity index (χ4n) is 3.32. The molecule has 0 saturated heterocycles. The van der Waals surface area contributed by atoms with E-state index < -0.39 is 51.2 Å². The van der Waals surface area contributed by atoms with Gasteiger partial charge in [-0.25, -0.2) is 0 Å². The topological polar surface area (TPSA) is 98.3 Å². The number of halogens is 6. The number of nitrogens with zero attached hydrogens (tertiary/aromatic N) is 2. The monoisotopic (exact) mass is 473 g/mol. The molecule has 0 spiro atoms. The predicted molar refractivity (Wildman–Crippen MR) is 106 cm³/mol. The van der Waals surface area contributed by atoms with Crippen LogP contribution in [0, 0.1) is 20.2 Å². The summed E-state index contributed by atoms with van der Waals surface area (Å²) < 4.78 is 78.8. The van der Waals surface area contributed by atoms with Gasteiger partial charge in [0, 0.05) is 23.6 Å². The first kappa shape index (κ1) is 23.8. The summed E-state index contributed by atoms with van der Waals surface area (Å²) >= 11 is 0. The zero-order valence-electron chi connectivity index (χ0n) is 16.3. The molecule has 0 amide bonds. The summed E-state index contributed by atoms with van der Waals surface area (Å²) in [6.07, 6.45) is -11.1. The van der Waals surface area contributed by atoms with E-state index in [4.69, 9.17) is 0 Å². The number of benzene rings is 3. The van der Waals surface area contributed by atoms with Crippen LogP contribution < -0.4 is 5.32 Å². The Balaban J connectivity index is 2.18. The zero-order chi connectivity index (χ0) is 24.6. The third-order valence-corrected chi connectivity index (χ3v) is 4.77. The van der Waals surface area contributed by atoms with Crippen molar-refractivity contribution in [1.82, 2.24) is 0 Å². The summed E-state index contributed by atoms with van der Waals surface area (Å²) in [5.74, 6) is 0. The van der Waals surface area contributed by atoms with Crippen molar-refractivity contribution in [1.29, 1.82) is 0 Å². The van der Waals surface area contributed by atoms with Gasteiger partial charge in [-0.15, -0.1) is 0 Å². The Bertz CT molecular complexity index is 1240. The van der Waals surface area contributed by atoms with Gasteiger partial charge < -0.3 is 5.32 Å². The van der Waals surface area contributed by atoms with Crippen LogP contribution in [0.1, 0.15) is 17.5 Å². The molecule has 0 aliphatic rings. The Morgan fingerprint density at radius 2 is 1.48 bits per heavy atom. The smallest absolute Gasteiger partial charge is 0.349 e. The molecule has 0 radical (unpaired) electrons. The average Bonchev–Trinajstić information content (AvgIpc) is 2.71. The number of fused-ring (bicyclic) bond motifs is 1. The van der Waals surface area contributed by atoms with Crippen LogP contribution in [0.25, 0.3) is 10.8 Å². The Morgan fingerprint density at radius 1 is 0.848 bits per heavy atom. The number of nitrogens with one attached hydrogen (secondary N) is 1. The lowest BCUT2D eigenvalue weighted by molar-refractivity contribution is -0.394. The molecule has 3 aromatic carbocycles. The number of non-ortho nitro benzene ring substituents is 1. The van der Waals surface area contributed by atoms with Crippen molar-refractivity contribution in [3.8, 4) is 0 Å². The van der Waals surface area contributed by atoms with Gasteiger partial charge >= 0.3 is 12.4 Å². The third-order valence-electron chi connectivity index (χ3n) is 4.77. The number of hydrogen-bond donors (Lipinski definition) is 1. The summed E-state index contributed by atoms with van der Waals surface area (Å²) in [5.41, 5.74) is -4.72. The van der Waals surface area contributed by atoms with E-state index in [0.29, 0.717) is 11.5 Å². The normalized spacial score (nSPS) is 12.1. The number of aryl methyl sites for hydroxylation is 1. The molecule has 3 aromatic rings. The highest BCUT2D eigenvalue weighted by molar-refractivity contribution is 5.98. The first-order chi connectivity index (χ1) is 15.3. The van der Waals surface area contributed by atoms with Crippen LogP contribution in [0.3, 0.4) is 0 Å². The van der Waals surface area contributed by atoms with Gasteiger partial charge in [0.15, 0.2) is 0 Å². The van der Waals surface area contributed by atoms with Crippen molar-refractivity contribution in [3.63, 3.8) is 0 Å². The molecule has 0 atom stereocenters. The highest BCUT2D eigenvalue weighted by atomic mass is 19.4. The molecule has 1 N–H and O–H groups in total. The lowest BCUT2D eigenvalue weighted by Crippen LogP contribution is -2.12. The van der Waals surface area contributed by atoms with Crippen LogP contribution in [0.15, 0.2) is 48.5 Å². The van der Waals surface area contributed by atoms with E-state index in [9.17, 15) is 46.6 Å². The van der Waals surface area contributed by atoms with Gasteiger partial charge in [-0.1, -0.05) is 30.3 Å². The molecule has 174 valence electrons. The van der Waals surface area contributed by atoms with Crippen molar-refractivity contribution in [2.24, 2.45) is 0 Å². The number of rotatable bonds is 6. The van der Waals surface area contributed by atoms with Crippen molar-refractivity contribution >= 4 is 33.5 Å². The molecule has 0 aromatic heterocycles. The first-order valence-electron chi connectivity index (χ1n) is 9.16. The molecule has 33 heavy (non-hydrogen) atoms. The van der Waals surface area contributed by atoms with Crippen LogP contribution >= 0.6 is 0 Å². The van der Waals surface area contributed by atoms with Crippen LogP contribution in [0.4, 0.5) is 49.1 Å². The number of alkyl halides is 6. The Morgan fingerprint density at radius 3 is 2.03 bits per heavy atom. The summed E-state index contributed by atoms with van der Waals surface area (Å²) in [4.78, 5) is 20.0. The van der Waals surface area contributed by atoms with Crippen molar-refractivity contribution < 1.29 is 36.2 Å². The molecule has 0 aliphatic carbocycles. The molecular weight excluding hydrogens is 460 g/mol. The third kappa shape index (κ3) is 5.30. The lowest BCUT2D eigenvalue weighted by atomic mass is 9.99. The van der Waals surface area contributed by atoms with Crippen LogP contribution in [0.2, 0.25) is 0 Å². The van der Waals surface area contributed by atoms with Crippen LogP contribution in [0.5, 0.6) is 0 Å². The van der Waals surface area contributed by atoms with E-state index >= 15 is 0 Å². The second kappa shape index (κ2) is 8.56. The number of hydrogen-bond acceptors (Lipinski definition) is 5. The summed E-state index contributed by atoms with van der Waals surface area (Å²) in [6, 6.07) is 8.99. The fourth-order valence-corrected chi connectivity index (χ4v) is 3.32. The molecule has 7 nitrogen and oxygen atoms in total. The highest BCUT2D eigenvalue weighted by Crippen LogP contribution is 2.44. The van der Waals surface area contributed by atoms with Crippen molar-refractivity contribution in [2.45, 2.75) is 25.2 Å². The standard InChI is InChI=1S/C20H13F6N3O4/c21-19(22,23)8-7-11-5-6-16(14-4-2-1-3-13(11)14)27-18-15(20(24,25)26)9-12(28(30)31)10-17(18)29(32)33/h1-6,9-10,27H,7-8H2. The average molecular weight is 473 g/mol. The molecule has 13 heteroatoms. The number of nitro groups is 2. The van der Waals surface area contributed by atoms with Gasteiger partial charge in [-0.3, -0.25) is 20.2 Å². The van der Waals surface area contributed by atoms with E-state index in [1.165, 1.54) is 36.4 Å². The maximum atomic E-state index is 13.6. The summed E-state index contributed by atoms with van der Waals surface area (Å²) in [6.45, 7) is 0. The fraction of sp³-hybridized carbons (Fsp3) is 0.200. The molecule has 0 heterocycles. The first-order valence-corrected chi connectivity index (χ1v) is 9.16. The largest absolute Gasteiger partial charge is 0.418 e. The molecule has 0 bridgehead atoms. The molecule has 0 aliphatic heterocycles. The number of anilines is 2. The lowest BCUT2D eigenvalue weighted by Gasteiger charge is -2.17. The van der Waals surface area contributed by atoms with Gasteiger partial charge in [0.2, 0.25) is 0 Å². The maximum Gasteiger partial charge on any atom is 0.418 e. The minimum absolute atomic E-state index is 0.0520. The second-order valence-electron chi connectivity index (χ2n) is 6.96. The van der Waals surface area contributed by atoms with E-state index in [2.05, 4.69) is 5.32 Å². The summed E-state index contributed by atoms with van der Waals surface area (Å²) in [7, 11) is 0. The zero-order valence-corrected chi connectivity index (χ0v) is 16.3. The van der Waals surface area contributed by atoms with Crippen LogP contribution in [-0.2, 0) is 12.6 Å². The van der Waals surface area contributed by atoms with Gasteiger partial charge in [-0.2, -0.15) is 26.3 Å². The van der Waals surface area contributed by atoms with Gasteiger partial charge in [0.1, 0.15) is 5.69 Å². The van der Waals surface area contributed by atoms with E-state index in [0.717, 1.165) is 0 Å². The minimum Gasteiger partial charge on any atom is -0.349 e. The summed E-state index contributed by atoms with van der Waals surface area (Å²) in [5, 5.41) is 25.3. The van der Waals surface area contributed by atoms with Crippen molar-refractivity contribution in [2.75, 3.05) is 5.32 Å². The molecule has 0 unspecified atom stereocenters. The molecule has 0 fully saturated rings. The van der Waals surface area contributed by atoms with E-state index in [1.54, 1.807) is 0 Å². The second-order valence-corrected chi connectivity index (χ2v) is 6.96. The van der Waals surface area contributed by atoms with Crippen molar-refractivity contribution in [3.05, 3.63) is 79.9 Å². The molecule has 3 rings (SSSR count).